The van der Waals surface area contributed by atoms with Crippen molar-refractivity contribution in [3.8, 4) is 0 Å². The lowest BCUT2D eigenvalue weighted by Crippen LogP contribution is -2.37. The zero-order valence-electron chi connectivity index (χ0n) is 14.1. The van der Waals surface area contributed by atoms with Gasteiger partial charge in [-0.05, 0) is 36.8 Å². The molecule has 3 aromatic rings. The third kappa shape index (κ3) is 4.13. The molecule has 2 amide bonds. The molecule has 0 saturated heterocycles. The number of hydrogen-bond donors (Lipinski definition) is 0. The maximum absolute atomic E-state index is 13.0. The average Bonchev–Trinajstić information content (AvgIpc) is 2.67. The van der Waals surface area contributed by atoms with Gasteiger partial charge in [0.2, 0.25) is 0 Å². The first kappa shape index (κ1) is 17.8. The minimum Gasteiger partial charge on any atom is -0.269 e. The molecule has 130 valence electrons. The molecule has 0 fully saturated rings. The van der Waals surface area contributed by atoms with Crippen LogP contribution in [-0.2, 0) is 6.54 Å². The van der Waals surface area contributed by atoms with E-state index in [9.17, 15) is 9.59 Å². The minimum atomic E-state index is -0.499. The van der Waals surface area contributed by atoms with E-state index in [1.54, 1.807) is 31.2 Å². The highest BCUT2D eigenvalue weighted by molar-refractivity contribution is 6.30. The number of amides is 2. The molecule has 0 N–H and O–H groups in total. The number of carbonyl (C=O) groups excluding carboxylic acids is 2. The molecule has 1 heterocycles. The Kier molecular flexibility index (Phi) is 5.39. The lowest BCUT2D eigenvalue weighted by molar-refractivity contribution is 0.0600. The van der Waals surface area contributed by atoms with E-state index in [-0.39, 0.29) is 12.2 Å². The fourth-order valence-corrected chi connectivity index (χ4v) is 2.52. The fourth-order valence-electron chi connectivity index (χ4n) is 2.39. The molecule has 26 heavy (non-hydrogen) atoms. The standard InChI is InChI=1S/C20H16ClN3O2/c1-14-11-23-18(12-22-14)20(26)24(13-15-5-3-2-4-6-15)19(25)16-7-9-17(21)10-8-16/h2-12H,13H2,1H3. The van der Waals surface area contributed by atoms with Gasteiger partial charge in [0.1, 0.15) is 5.69 Å². The van der Waals surface area contributed by atoms with Crippen LogP contribution in [0.3, 0.4) is 0 Å². The Bertz CT molecular complexity index is 853. The van der Waals surface area contributed by atoms with Gasteiger partial charge in [0.25, 0.3) is 11.8 Å². The van der Waals surface area contributed by atoms with Crippen LogP contribution in [0.5, 0.6) is 0 Å². The van der Waals surface area contributed by atoms with Crippen LogP contribution in [0, 0.1) is 6.92 Å². The second-order valence-corrected chi connectivity index (χ2v) is 6.17. The molecule has 0 aliphatic carbocycles. The molecular weight excluding hydrogens is 350 g/mol. The summed E-state index contributed by atoms with van der Waals surface area (Å²) in [4.78, 5) is 35.2. The third-order valence-electron chi connectivity index (χ3n) is 3.77. The average molecular weight is 366 g/mol. The van der Waals surface area contributed by atoms with Gasteiger partial charge in [-0.25, -0.2) is 4.98 Å². The summed E-state index contributed by atoms with van der Waals surface area (Å²) in [6, 6.07) is 15.7. The maximum atomic E-state index is 13.0. The zero-order valence-corrected chi connectivity index (χ0v) is 14.8. The van der Waals surface area contributed by atoms with E-state index in [2.05, 4.69) is 9.97 Å². The van der Waals surface area contributed by atoms with Crippen LogP contribution in [0.25, 0.3) is 0 Å². The molecule has 0 bridgehead atoms. The summed E-state index contributed by atoms with van der Waals surface area (Å²) < 4.78 is 0. The van der Waals surface area contributed by atoms with E-state index in [0.29, 0.717) is 16.3 Å². The van der Waals surface area contributed by atoms with Gasteiger partial charge in [-0.1, -0.05) is 41.9 Å². The first-order valence-electron chi connectivity index (χ1n) is 7.99. The lowest BCUT2D eigenvalue weighted by atomic mass is 10.1. The molecule has 0 unspecified atom stereocenters. The molecule has 0 atom stereocenters. The number of carbonyl (C=O) groups is 2. The van der Waals surface area contributed by atoms with Crippen LogP contribution < -0.4 is 0 Å². The molecular formula is C20H16ClN3O2. The second kappa shape index (κ2) is 7.89. The molecule has 0 aliphatic rings. The Labute approximate surface area is 156 Å². The van der Waals surface area contributed by atoms with Gasteiger partial charge in [0.15, 0.2) is 0 Å². The smallest absolute Gasteiger partial charge is 0.269 e. The fraction of sp³-hybridized carbons (Fsp3) is 0.100. The molecule has 0 spiro atoms. The first-order valence-corrected chi connectivity index (χ1v) is 8.37. The third-order valence-corrected chi connectivity index (χ3v) is 4.02. The lowest BCUT2D eigenvalue weighted by Gasteiger charge is -2.21. The van der Waals surface area contributed by atoms with E-state index < -0.39 is 11.8 Å². The number of hydrogen-bond acceptors (Lipinski definition) is 4. The van der Waals surface area contributed by atoms with Crippen LogP contribution >= 0.6 is 11.6 Å². The van der Waals surface area contributed by atoms with Crippen molar-refractivity contribution >= 4 is 23.4 Å². The minimum absolute atomic E-state index is 0.119. The molecule has 3 rings (SSSR count). The number of aryl methyl sites for hydroxylation is 1. The Morgan fingerprint density at radius 1 is 0.923 bits per heavy atom. The maximum Gasteiger partial charge on any atom is 0.281 e. The first-order chi connectivity index (χ1) is 12.5. The number of nitrogens with zero attached hydrogens (tertiary/aromatic N) is 3. The van der Waals surface area contributed by atoms with Gasteiger partial charge in [-0.15, -0.1) is 0 Å². The Hall–Kier alpha value is -3.05. The van der Waals surface area contributed by atoms with Gasteiger partial charge < -0.3 is 0 Å². The summed E-state index contributed by atoms with van der Waals surface area (Å²) in [7, 11) is 0. The molecule has 0 radical (unpaired) electrons. The molecule has 0 aliphatic heterocycles. The molecule has 5 nitrogen and oxygen atoms in total. The van der Waals surface area contributed by atoms with Crippen molar-refractivity contribution in [1.82, 2.24) is 14.9 Å². The Morgan fingerprint density at radius 2 is 1.62 bits per heavy atom. The van der Waals surface area contributed by atoms with Gasteiger partial charge in [0, 0.05) is 16.8 Å². The highest BCUT2D eigenvalue weighted by Gasteiger charge is 2.25. The van der Waals surface area contributed by atoms with Crippen molar-refractivity contribution in [2.24, 2.45) is 0 Å². The summed E-state index contributed by atoms with van der Waals surface area (Å²) >= 11 is 5.89. The molecule has 2 aromatic carbocycles. The topological polar surface area (TPSA) is 63.2 Å². The van der Waals surface area contributed by atoms with Gasteiger partial charge in [0.05, 0.1) is 18.4 Å². The summed E-state index contributed by atoms with van der Waals surface area (Å²) in [6.45, 7) is 1.92. The van der Waals surface area contributed by atoms with Crippen molar-refractivity contribution in [2.45, 2.75) is 13.5 Å². The predicted molar refractivity (Wildman–Crippen MR) is 98.9 cm³/mol. The number of benzene rings is 2. The van der Waals surface area contributed by atoms with E-state index in [1.165, 1.54) is 12.4 Å². The number of imide groups is 1. The van der Waals surface area contributed by atoms with Crippen molar-refractivity contribution in [3.63, 3.8) is 0 Å². The summed E-state index contributed by atoms with van der Waals surface area (Å²) in [5.74, 6) is -0.917. The normalized spacial score (nSPS) is 10.4. The second-order valence-electron chi connectivity index (χ2n) is 5.73. The van der Waals surface area contributed by atoms with E-state index in [0.717, 1.165) is 10.5 Å². The van der Waals surface area contributed by atoms with E-state index in [1.807, 2.05) is 30.3 Å². The van der Waals surface area contributed by atoms with Gasteiger partial charge in [-0.2, -0.15) is 0 Å². The largest absolute Gasteiger partial charge is 0.281 e. The summed E-state index contributed by atoms with van der Waals surface area (Å²) in [5.41, 5.74) is 2.02. The van der Waals surface area contributed by atoms with Crippen LogP contribution in [0.15, 0.2) is 67.0 Å². The van der Waals surface area contributed by atoms with Crippen LogP contribution in [0.2, 0.25) is 5.02 Å². The highest BCUT2D eigenvalue weighted by Crippen LogP contribution is 2.16. The number of aromatic nitrogens is 2. The van der Waals surface area contributed by atoms with Crippen molar-refractivity contribution < 1.29 is 9.59 Å². The van der Waals surface area contributed by atoms with Gasteiger partial charge >= 0.3 is 0 Å². The summed E-state index contributed by atoms with van der Waals surface area (Å²) in [6.07, 6.45) is 2.88. The van der Waals surface area contributed by atoms with Crippen LogP contribution in [0.1, 0.15) is 32.1 Å². The van der Waals surface area contributed by atoms with Crippen molar-refractivity contribution in [3.05, 3.63) is 94.5 Å². The summed E-state index contributed by atoms with van der Waals surface area (Å²) in [5, 5.41) is 0.520. The Morgan fingerprint density at radius 3 is 2.23 bits per heavy atom. The Balaban J connectivity index is 1.95. The molecule has 1 aromatic heterocycles. The molecule has 0 saturated carbocycles. The highest BCUT2D eigenvalue weighted by atomic mass is 35.5. The van der Waals surface area contributed by atoms with Crippen molar-refractivity contribution in [1.29, 1.82) is 0 Å². The quantitative estimate of drug-likeness (QED) is 0.657. The monoisotopic (exact) mass is 365 g/mol. The van der Waals surface area contributed by atoms with Crippen molar-refractivity contribution in [2.75, 3.05) is 0 Å². The van der Waals surface area contributed by atoms with Crippen LogP contribution in [0.4, 0.5) is 0 Å². The van der Waals surface area contributed by atoms with Crippen LogP contribution in [-0.4, -0.2) is 26.7 Å². The van der Waals surface area contributed by atoms with Gasteiger partial charge in [-0.3, -0.25) is 19.5 Å². The SMILES string of the molecule is Cc1cnc(C(=O)N(Cc2ccccc2)C(=O)c2ccc(Cl)cc2)cn1. The number of rotatable bonds is 4. The molecule has 6 heteroatoms. The van der Waals surface area contributed by atoms with E-state index in [4.69, 9.17) is 11.6 Å². The zero-order chi connectivity index (χ0) is 18.5. The van der Waals surface area contributed by atoms with E-state index >= 15 is 0 Å². The predicted octanol–water partition coefficient (Wildman–Crippen LogP) is 3.92. The number of halogens is 1.